The van der Waals surface area contributed by atoms with Crippen LogP contribution in [0.3, 0.4) is 0 Å². The van der Waals surface area contributed by atoms with E-state index in [1.54, 1.807) is 18.2 Å². The molecular formula is C19H21N5O4S. The van der Waals surface area contributed by atoms with Gasteiger partial charge in [0.1, 0.15) is 12.1 Å². The van der Waals surface area contributed by atoms with Gasteiger partial charge >= 0.3 is 0 Å². The van der Waals surface area contributed by atoms with Gasteiger partial charge < -0.3 is 9.30 Å². The molecule has 0 unspecified atom stereocenters. The number of carbonyl (C=O) groups excluding carboxylic acids is 1. The molecule has 0 bridgehead atoms. The first-order valence-corrected chi connectivity index (χ1v) is 11.0. The molecule has 1 fully saturated rings. The zero-order valence-corrected chi connectivity index (χ0v) is 17.0. The minimum atomic E-state index is -3.00. The van der Waals surface area contributed by atoms with Gasteiger partial charge in [0.2, 0.25) is 5.78 Å². The van der Waals surface area contributed by atoms with Crippen LogP contribution in [0, 0.1) is 13.8 Å². The lowest BCUT2D eigenvalue weighted by atomic mass is 10.1. The molecule has 0 spiro atoms. The molecule has 0 aliphatic carbocycles. The minimum absolute atomic E-state index is 0.115. The third kappa shape index (κ3) is 3.93. The van der Waals surface area contributed by atoms with E-state index in [0.717, 1.165) is 17.1 Å². The van der Waals surface area contributed by atoms with E-state index in [9.17, 15) is 13.2 Å². The number of carbonyl (C=O) groups is 1. The molecule has 1 saturated heterocycles. The first-order chi connectivity index (χ1) is 13.8. The molecule has 0 saturated carbocycles. The number of aryl methyl sites for hydroxylation is 1. The summed E-state index contributed by atoms with van der Waals surface area (Å²) in [5, 5.41) is 11.0. The average molecular weight is 415 g/mol. The van der Waals surface area contributed by atoms with E-state index >= 15 is 0 Å². The predicted octanol–water partition coefficient (Wildman–Crippen LogP) is 1.70. The number of Topliss-reactive ketones (excluding diaryl/α,β-unsaturated/α-hetero) is 1. The molecule has 1 aromatic carbocycles. The Morgan fingerprint density at radius 3 is 2.79 bits per heavy atom. The Bertz CT molecular complexity index is 1150. The van der Waals surface area contributed by atoms with Crippen LogP contribution in [0.15, 0.2) is 36.7 Å². The Morgan fingerprint density at radius 2 is 2.10 bits per heavy atom. The molecule has 1 atom stereocenters. The van der Waals surface area contributed by atoms with E-state index in [4.69, 9.17) is 4.74 Å². The fraction of sp³-hybridized carbons (Fsp3) is 0.368. The summed E-state index contributed by atoms with van der Waals surface area (Å²) in [7, 11) is -3.00. The maximum Gasteiger partial charge on any atom is 0.202 e. The maximum absolute atomic E-state index is 12.8. The summed E-state index contributed by atoms with van der Waals surface area (Å²) in [6.45, 7) is 3.63. The number of rotatable bonds is 6. The Hall–Kier alpha value is -3.01. The first-order valence-electron chi connectivity index (χ1n) is 9.22. The van der Waals surface area contributed by atoms with Crippen LogP contribution in [0.2, 0.25) is 0 Å². The van der Waals surface area contributed by atoms with Crippen LogP contribution in [0.4, 0.5) is 0 Å². The lowest BCUT2D eigenvalue weighted by molar-refractivity contribution is 0.0920. The molecule has 3 aromatic rings. The summed E-state index contributed by atoms with van der Waals surface area (Å²) >= 11 is 0. The highest BCUT2D eigenvalue weighted by Gasteiger charge is 2.31. The van der Waals surface area contributed by atoms with Crippen LogP contribution in [0.25, 0.3) is 5.69 Å². The second-order valence-corrected chi connectivity index (χ2v) is 9.40. The topological polar surface area (TPSA) is 109 Å². The van der Waals surface area contributed by atoms with E-state index in [1.807, 2.05) is 30.5 Å². The number of hydrogen-bond donors (Lipinski definition) is 0. The quantitative estimate of drug-likeness (QED) is 0.564. The lowest BCUT2D eigenvalue weighted by Crippen LogP contribution is -2.16. The number of benzene rings is 1. The van der Waals surface area contributed by atoms with Crippen molar-refractivity contribution in [1.29, 1.82) is 0 Å². The van der Waals surface area contributed by atoms with Crippen molar-refractivity contribution in [1.82, 2.24) is 24.8 Å². The van der Waals surface area contributed by atoms with Crippen molar-refractivity contribution in [2.75, 3.05) is 18.1 Å². The second-order valence-electron chi connectivity index (χ2n) is 7.18. The van der Waals surface area contributed by atoms with Crippen LogP contribution in [-0.2, 0) is 9.84 Å². The van der Waals surface area contributed by atoms with Gasteiger partial charge in [0.25, 0.3) is 0 Å². The fourth-order valence-corrected chi connectivity index (χ4v) is 5.52. The Morgan fingerprint density at radius 1 is 1.28 bits per heavy atom. The molecule has 29 heavy (non-hydrogen) atoms. The van der Waals surface area contributed by atoms with Gasteiger partial charge in [-0.15, -0.1) is 5.10 Å². The van der Waals surface area contributed by atoms with Crippen LogP contribution >= 0.6 is 0 Å². The van der Waals surface area contributed by atoms with E-state index < -0.39 is 9.84 Å². The number of ether oxygens (including phenoxy) is 1. The monoisotopic (exact) mass is 415 g/mol. The van der Waals surface area contributed by atoms with Crippen LogP contribution in [-0.4, -0.2) is 57.1 Å². The second kappa shape index (κ2) is 7.43. The van der Waals surface area contributed by atoms with Gasteiger partial charge in [0.15, 0.2) is 16.4 Å². The van der Waals surface area contributed by atoms with Gasteiger partial charge in [-0.2, -0.15) is 0 Å². The van der Waals surface area contributed by atoms with E-state index in [-0.39, 0.29) is 29.9 Å². The molecule has 1 aliphatic heterocycles. The van der Waals surface area contributed by atoms with Crippen molar-refractivity contribution in [2.45, 2.75) is 26.3 Å². The normalized spacial score (nSPS) is 18.1. The van der Waals surface area contributed by atoms with Gasteiger partial charge in [-0.1, -0.05) is 6.07 Å². The largest absolute Gasteiger partial charge is 0.485 e. The highest BCUT2D eigenvalue weighted by Crippen LogP contribution is 2.29. The number of aromatic nitrogens is 5. The number of ketones is 1. The van der Waals surface area contributed by atoms with Gasteiger partial charge in [0.05, 0.1) is 17.2 Å². The van der Waals surface area contributed by atoms with Gasteiger partial charge in [0, 0.05) is 29.1 Å². The standard InChI is InChI=1S/C19H21N5O4S/c1-13-8-18(14(2)24(13)16-6-7-29(26,27)11-16)19(25)10-28-17-5-3-4-15(9-17)23-12-20-21-22-23/h3-5,8-9,12,16H,6-7,10-11H2,1-2H3/t16-/m1/s1. The van der Waals surface area contributed by atoms with Gasteiger partial charge in [-0.05, 0) is 48.9 Å². The van der Waals surface area contributed by atoms with E-state index in [0.29, 0.717) is 17.7 Å². The third-order valence-electron chi connectivity index (χ3n) is 5.16. The minimum Gasteiger partial charge on any atom is -0.485 e. The molecule has 9 nitrogen and oxygen atoms in total. The summed E-state index contributed by atoms with van der Waals surface area (Å²) in [6, 6.07) is 8.82. The molecule has 152 valence electrons. The van der Waals surface area contributed by atoms with Crippen molar-refractivity contribution in [3.05, 3.63) is 53.6 Å². The van der Waals surface area contributed by atoms with Crippen LogP contribution in [0.5, 0.6) is 5.75 Å². The first kappa shape index (κ1) is 19.3. The molecule has 2 aromatic heterocycles. The SMILES string of the molecule is Cc1cc(C(=O)COc2cccc(-n3cnnn3)c2)c(C)n1[C@@H]1CCS(=O)(=O)C1. The summed E-state index contributed by atoms with van der Waals surface area (Å²) in [5.41, 5.74) is 2.94. The van der Waals surface area contributed by atoms with E-state index in [2.05, 4.69) is 15.5 Å². The molecular weight excluding hydrogens is 394 g/mol. The van der Waals surface area contributed by atoms with Crippen molar-refractivity contribution in [3.8, 4) is 11.4 Å². The Balaban J connectivity index is 1.48. The zero-order chi connectivity index (χ0) is 20.6. The highest BCUT2D eigenvalue weighted by atomic mass is 32.2. The summed E-state index contributed by atoms with van der Waals surface area (Å²) in [4.78, 5) is 12.8. The number of tetrazole rings is 1. The summed E-state index contributed by atoms with van der Waals surface area (Å²) in [6.07, 6.45) is 2.05. The van der Waals surface area contributed by atoms with Crippen LogP contribution in [0.1, 0.15) is 34.2 Å². The number of hydrogen-bond acceptors (Lipinski definition) is 7. The Labute approximate surface area is 168 Å². The molecule has 0 radical (unpaired) electrons. The summed E-state index contributed by atoms with van der Waals surface area (Å²) in [5.74, 6) is 0.691. The Kier molecular flexibility index (Phi) is 4.95. The van der Waals surface area contributed by atoms with Gasteiger partial charge in [-0.25, -0.2) is 13.1 Å². The van der Waals surface area contributed by atoms with Crippen LogP contribution < -0.4 is 4.74 Å². The summed E-state index contributed by atoms with van der Waals surface area (Å²) < 4.78 is 32.8. The molecule has 4 rings (SSSR count). The number of nitrogens with zero attached hydrogens (tertiary/aromatic N) is 5. The van der Waals surface area contributed by atoms with Crippen molar-refractivity contribution >= 4 is 15.6 Å². The zero-order valence-electron chi connectivity index (χ0n) is 16.1. The smallest absolute Gasteiger partial charge is 0.202 e. The van der Waals surface area contributed by atoms with Crippen molar-refractivity contribution < 1.29 is 17.9 Å². The highest BCUT2D eigenvalue weighted by molar-refractivity contribution is 7.91. The molecule has 0 N–H and O–H groups in total. The molecule has 0 amide bonds. The maximum atomic E-state index is 12.8. The van der Waals surface area contributed by atoms with Crippen molar-refractivity contribution in [2.24, 2.45) is 0 Å². The van der Waals surface area contributed by atoms with Crippen molar-refractivity contribution in [3.63, 3.8) is 0 Å². The number of sulfone groups is 1. The van der Waals surface area contributed by atoms with E-state index in [1.165, 1.54) is 11.0 Å². The molecule has 10 heteroatoms. The molecule has 1 aliphatic rings. The molecule has 3 heterocycles. The third-order valence-corrected chi connectivity index (χ3v) is 6.91. The van der Waals surface area contributed by atoms with Gasteiger partial charge in [-0.3, -0.25) is 4.79 Å². The fourth-order valence-electron chi connectivity index (χ4n) is 3.82. The predicted molar refractivity (Wildman–Crippen MR) is 105 cm³/mol. The average Bonchev–Trinajstić information content (AvgIpc) is 3.40. The lowest BCUT2D eigenvalue weighted by Gasteiger charge is -2.16.